The molecule has 2 amide bonds. The summed E-state index contributed by atoms with van der Waals surface area (Å²) in [5, 5.41) is 3.13. The summed E-state index contributed by atoms with van der Waals surface area (Å²) in [6.45, 7) is 1.99. The lowest BCUT2D eigenvalue weighted by molar-refractivity contribution is -0.136. The number of fused-ring (bicyclic) bond motifs is 1. The Kier molecular flexibility index (Phi) is 6.09. The van der Waals surface area contributed by atoms with Gasteiger partial charge in [0.25, 0.3) is 5.91 Å². The van der Waals surface area contributed by atoms with E-state index < -0.39 is 6.04 Å². The Labute approximate surface area is 177 Å². The number of rotatable bonds is 6. The van der Waals surface area contributed by atoms with Gasteiger partial charge in [-0.15, -0.1) is 0 Å². The minimum absolute atomic E-state index is 0.0685. The molecule has 0 aliphatic heterocycles. The zero-order chi connectivity index (χ0) is 21.3. The molecule has 162 valence electrons. The van der Waals surface area contributed by atoms with Crippen molar-refractivity contribution >= 4 is 22.9 Å². The number of carbonyl (C=O) groups excluding carboxylic acids is 2. The van der Waals surface area contributed by atoms with Gasteiger partial charge in [0.1, 0.15) is 5.52 Å². The van der Waals surface area contributed by atoms with Crippen LogP contribution >= 0.6 is 0 Å². The second kappa shape index (κ2) is 8.76. The number of aromatic nitrogens is 1. The first-order valence-corrected chi connectivity index (χ1v) is 11.2. The Morgan fingerprint density at radius 2 is 1.97 bits per heavy atom. The van der Waals surface area contributed by atoms with Crippen molar-refractivity contribution in [2.45, 2.75) is 76.4 Å². The van der Waals surface area contributed by atoms with Gasteiger partial charge < -0.3 is 20.4 Å². The maximum Gasteiger partial charge on any atom is 0.251 e. The van der Waals surface area contributed by atoms with E-state index in [0.717, 1.165) is 50.5 Å². The van der Waals surface area contributed by atoms with Crippen molar-refractivity contribution in [1.82, 2.24) is 15.2 Å². The number of nitrogens with two attached hydrogens (primary N) is 1. The lowest BCUT2D eigenvalue weighted by atomic mass is 9.80. The number of nitrogens with zero attached hydrogens (tertiary/aromatic N) is 2. The van der Waals surface area contributed by atoms with Crippen LogP contribution in [0.3, 0.4) is 0 Å². The standard InChI is InChI=1S/C23H32N4O3/c1-3-20-26-18-12-9-15(13-19(18)30-20)22(28)25-16-10-7-14(8-11-16)21(24)23(29)27(2)17-5-4-6-17/h9,12-14,16-17,21H,3-8,10-11,24H2,1-2H3,(H,25,28)/t14?,16?,21-/m0/s1. The van der Waals surface area contributed by atoms with E-state index in [2.05, 4.69) is 10.3 Å². The van der Waals surface area contributed by atoms with Crippen LogP contribution in [0.5, 0.6) is 0 Å². The third-order valence-electron chi connectivity index (χ3n) is 6.87. The van der Waals surface area contributed by atoms with Gasteiger partial charge in [0.15, 0.2) is 11.5 Å². The highest BCUT2D eigenvalue weighted by Gasteiger charge is 2.34. The molecule has 2 aliphatic rings. The van der Waals surface area contributed by atoms with Crippen LogP contribution < -0.4 is 11.1 Å². The van der Waals surface area contributed by atoms with Crippen molar-refractivity contribution in [2.75, 3.05) is 7.05 Å². The third-order valence-corrected chi connectivity index (χ3v) is 6.87. The van der Waals surface area contributed by atoms with Gasteiger partial charge in [-0.1, -0.05) is 6.92 Å². The summed E-state index contributed by atoms with van der Waals surface area (Å²) >= 11 is 0. The van der Waals surface area contributed by atoms with E-state index in [-0.39, 0.29) is 23.8 Å². The van der Waals surface area contributed by atoms with Gasteiger partial charge in [-0.3, -0.25) is 9.59 Å². The Hall–Kier alpha value is -2.41. The molecular formula is C23H32N4O3. The number of amides is 2. The summed E-state index contributed by atoms with van der Waals surface area (Å²) < 4.78 is 5.67. The first-order chi connectivity index (χ1) is 14.5. The molecule has 2 aromatic rings. The molecule has 0 spiro atoms. The van der Waals surface area contributed by atoms with E-state index in [1.165, 1.54) is 6.42 Å². The zero-order valence-corrected chi connectivity index (χ0v) is 17.9. The molecule has 1 heterocycles. The Morgan fingerprint density at radius 3 is 2.60 bits per heavy atom. The van der Waals surface area contributed by atoms with E-state index in [1.807, 2.05) is 24.9 Å². The van der Waals surface area contributed by atoms with Crippen molar-refractivity contribution < 1.29 is 14.0 Å². The van der Waals surface area contributed by atoms with Gasteiger partial charge in [0, 0.05) is 31.1 Å². The van der Waals surface area contributed by atoms with Crippen LogP contribution in [0, 0.1) is 5.92 Å². The highest BCUT2D eigenvalue weighted by molar-refractivity contribution is 5.97. The first-order valence-electron chi connectivity index (χ1n) is 11.2. The Balaban J connectivity index is 1.30. The molecular weight excluding hydrogens is 380 g/mol. The molecule has 7 nitrogen and oxygen atoms in total. The highest BCUT2D eigenvalue weighted by atomic mass is 16.3. The molecule has 1 aromatic carbocycles. The Morgan fingerprint density at radius 1 is 1.23 bits per heavy atom. The van der Waals surface area contributed by atoms with Crippen molar-refractivity contribution in [3.05, 3.63) is 29.7 Å². The fourth-order valence-corrected chi connectivity index (χ4v) is 4.55. The number of hydrogen-bond donors (Lipinski definition) is 2. The van der Waals surface area contributed by atoms with E-state index in [9.17, 15) is 9.59 Å². The lowest BCUT2D eigenvalue weighted by Gasteiger charge is -2.38. The van der Waals surface area contributed by atoms with Gasteiger partial charge in [0.2, 0.25) is 5.91 Å². The van der Waals surface area contributed by atoms with E-state index in [0.29, 0.717) is 23.1 Å². The van der Waals surface area contributed by atoms with Gasteiger partial charge in [-0.2, -0.15) is 0 Å². The molecule has 1 aromatic heterocycles. The maximum absolute atomic E-state index is 12.7. The van der Waals surface area contributed by atoms with Crippen LogP contribution in [-0.4, -0.2) is 46.9 Å². The third kappa shape index (κ3) is 4.21. The van der Waals surface area contributed by atoms with Gasteiger partial charge in [0.05, 0.1) is 6.04 Å². The van der Waals surface area contributed by atoms with Gasteiger partial charge >= 0.3 is 0 Å². The summed E-state index contributed by atoms with van der Waals surface area (Å²) in [5.41, 5.74) is 8.31. The van der Waals surface area contributed by atoms with Crippen molar-refractivity contribution in [3.8, 4) is 0 Å². The smallest absolute Gasteiger partial charge is 0.251 e. The topological polar surface area (TPSA) is 101 Å². The number of likely N-dealkylation sites (N-methyl/N-ethyl adjacent to an activating group) is 1. The molecule has 3 N–H and O–H groups in total. The molecule has 0 radical (unpaired) electrons. The summed E-state index contributed by atoms with van der Waals surface area (Å²) in [6.07, 6.45) is 7.51. The van der Waals surface area contributed by atoms with Crippen LogP contribution in [-0.2, 0) is 11.2 Å². The minimum Gasteiger partial charge on any atom is -0.441 e. The van der Waals surface area contributed by atoms with Crippen LogP contribution in [0.2, 0.25) is 0 Å². The maximum atomic E-state index is 12.7. The second-order valence-electron chi connectivity index (χ2n) is 8.79. The molecule has 30 heavy (non-hydrogen) atoms. The van der Waals surface area contributed by atoms with Gasteiger partial charge in [-0.05, 0) is 69.1 Å². The van der Waals surface area contributed by atoms with Crippen molar-refractivity contribution in [1.29, 1.82) is 0 Å². The molecule has 0 saturated heterocycles. The molecule has 2 saturated carbocycles. The van der Waals surface area contributed by atoms with Crippen LogP contribution in [0.4, 0.5) is 0 Å². The summed E-state index contributed by atoms with van der Waals surface area (Å²) in [7, 11) is 1.88. The normalized spacial score (nSPS) is 23.0. The van der Waals surface area contributed by atoms with Crippen molar-refractivity contribution in [3.63, 3.8) is 0 Å². The predicted octanol–water partition coefficient (Wildman–Crippen LogP) is 3.02. The average molecular weight is 413 g/mol. The summed E-state index contributed by atoms with van der Waals surface area (Å²) in [4.78, 5) is 31.6. The second-order valence-corrected chi connectivity index (χ2v) is 8.79. The van der Waals surface area contributed by atoms with Gasteiger partial charge in [-0.25, -0.2) is 4.98 Å². The minimum atomic E-state index is -0.436. The molecule has 2 fully saturated rings. The number of carbonyl (C=O) groups is 2. The lowest BCUT2D eigenvalue weighted by Crippen LogP contribution is -2.52. The SMILES string of the molecule is CCc1nc2ccc(C(=O)NC3CCC([C@H](N)C(=O)N(C)C4CCC4)CC3)cc2o1. The fraction of sp³-hybridized carbons (Fsp3) is 0.609. The monoisotopic (exact) mass is 412 g/mol. The van der Waals surface area contributed by atoms with Crippen LogP contribution in [0.15, 0.2) is 22.6 Å². The summed E-state index contributed by atoms with van der Waals surface area (Å²) in [6, 6.07) is 5.41. The largest absolute Gasteiger partial charge is 0.441 e. The van der Waals surface area contributed by atoms with E-state index in [4.69, 9.17) is 10.2 Å². The number of oxazole rings is 1. The number of hydrogen-bond acceptors (Lipinski definition) is 5. The van der Waals surface area contributed by atoms with E-state index in [1.54, 1.807) is 12.1 Å². The molecule has 2 aliphatic carbocycles. The number of nitrogens with one attached hydrogen (secondary N) is 1. The summed E-state index contributed by atoms with van der Waals surface area (Å²) in [5.74, 6) is 0.833. The number of aryl methyl sites for hydroxylation is 1. The van der Waals surface area contributed by atoms with Crippen LogP contribution in [0.1, 0.15) is 68.1 Å². The molecule has 1 atom stereocenters. The zero-order valence-electron chi connectivity index (χ0n) is 17.9. The van der Waals surface area contributed by atoms with Crippen LogP contribution in [0.25, 0.3) is 11.1 Å². The molecule has 0 bridgehead atoms. The number of benzene rings is 1. The highest BCUT2D eigenvalue weighted by Crippen LogP contribution is 2.29. The molecule has 4 rings (SSSR count). The predicted molar refractivity (Wildman–Crippen MR) is 115 cm³/mol. The van der Waals surface area contributed by atoms with E-state index >= 15 is 0 Å². The van der Waals surface area contributed by atoms with Crippen molar-refractivity contribution in [2.24, 2.45) is 11.7 Å². The average Bonchev–Trinajstić information content (AvgIpc) is 3.14. The quantitative estimate of drug-likeness (QED) is 0.759. The molecule has 0 unspecified atom stereocenters. The fourth-order valence-electron chi connectivity index (χ4n) is 4.55. The first kappa shape index (κ1) is 20.8. The molecule has 7 heteroatoms. The Bertz CT molecular complexity index is 912.